The number of nitrogens with zero attached hydrogens (tertiary/aromatic N) is 2. The molecule has 27 heavy (non-hydrogen) atoms. The lowest BCUT2D eigenvalue weighted by molar-refractivity contribution is 0.0789. The molecule has 0 radical (unpaired) electrons. The maximum absolute atomic E-state index is 13.1. The predicted octanol–water partition coefficient (Wildman–Crippen LogP) is 2.89. The smallest absolute Gasteiger partial charge is 0.254 e. The normalized spacial score (nSPS) is 15.4. The predicted molar refractivity (Wildman–Crippen MR) is 96.9 cm³/mol. The van der Waals surface area contributed by atoms with Crippen LogP contribution in [0.3, 0.4) is 0 Å². The van der Waals surface area contributed by atoms with E-state index >= 15 is 0 Å². The number of nitrogens with one attached hydrogen (secondary N) is 1. The maximum Gasteiger partial charge on any atom is 0.254 e. The monoisotopic (exact) mass is 367 g/mol. The molecule has 1 aliphatic heterocycles. The Morgan fingerprint density at radius 2 is 1.96 bits per heavy atom. The number of carbonyl (C=O) groups is 1. The zero-order valence-electron chi connectivity index (χ0n) is 14.7. The molecule has 7 heteroatoms. The molecule has 0 fully saturated rings. The van der Waals surface area contributed by atoms with Crippen LogP contribution >= 0.6 is 0 Å². The molecule has 2 heterocycles. The summed E-state index contributed by atoms with van der Waals surface area (Å²) >= 11 is 0. The van der Waals surface area contributed by atoms with E-state index in [1.54, 1.807) is 23.7 Å². The van der Waals surface area contributed by atoms with E-state index < -0.39 is 0 Å². The Hall–Kier alpha value is -3.35. The minimum Gasteiger partial charge on any atom is -0.486 e. The first kappa shape index (κ1) is 17.1. The average Bonchev–Trinajstić information content (AvgIpc) is 3.08. The van der Waals surface area contributed by atoms with E-state index in [1.165, 1.54) is 18.3 Å². The van der Waals surface area contributed by atoms with Gasteiger partial charge < -0.3 is 14.8 Å². The Morgan fingerprint density at radius 3 is 2.74 bits per heavy atom. The molecule has 1 atom stereocenters. The number of fused-ring (bicyclic) bond motifs is 1. The molecule has 1 aliphatic rings. The van der Waals surface area contributed by atoms with E-state index in [0.29, 0.717) is 41.6 Å². The molecule has 2 aromatic carbocycles. The van der Waals surface area contributed by atoms with Crippen molar-refractivity contribution in [3.8, 4) is 17.2 Å². The highest BCUT2D eigenvalue weighted by Crippen LogP contribution is 2.30. The van der Waals surface area contributed by atoms with Gasteiger partial charge in [0.15, 0.2) is 11.5 Å². The number of para-hydroxylation sites is 2. The highest BCUT2D eigenvalue weighted by Gasteiger charge is 2.22. The molecule has 0 unspecified atom stereocenters. The van der Waals surface area contributed by atoms with E-state index in [4.69, 9.17) is 9.47 Å². The second-order valence-corrected chi connectivity index (χ2v) is 6.24. The van der Waals surface area contributed by atoms with Crippen LogP contribution in [-0.2, 0) is 0 Å². The Balaban J connectivity index is 1.41. The van der Waals surface area contributed by atoms with Gasteiger partial charge in [-0.15, -0.1) is 0 Å². The van der Waals surface area contributed by atoms with Crippen molar-refractivity contribution in [1.82, 2.24) is 15.1 Å². The van der Waals surface area contributed by atoms with Crippen LogP contribution in [-0.4, -0.2) is 34.9 Å². The molecule has 1 amide bonds. The summed E-state index contributed by atoms with van der Waals surface area (Å²) in [7, 11) is 0. The summed E-state index contributed by atoms with van der Waals surface area (Å²) in [4.78, 5) is 12.5. The summed E-state index contributed by atoms with van der Waals surface area (Å²) in [5.74, 6) is 0.806. The van der Waals surface area contributed by atoms with Crippen molar-refractivity contribution in [2.45, 2.75) is 13.0 Å². The van der Waals surface area contributed by atoms with E-state index in [1.807, 2.05) is 24.3 Å². The van der Waals surface area contributed by atoms with Crippen LogP contribution in [0.4, 0.5) is 4.39 Å². The van der Waals surface area contributed by atoms with Gasteiger partial charge in [-0.05, 0) is 43.3 Å². The van der Waals surface area contributed by atoms with E-state index in [0.717, 1.165) is 0 Å². The van der Waals surface area contributed by atoms with Crippen molar-refractivity contribution in [3.63, 3.8) is 0 Å². The lowest BCUT2D eigenvalue weighted by atomic mass is 10.2. The molecule has 0 spiro atoms. The molecule has 4 rings (SSSR count). The van der Waals surface area contributed by atoms with E-state index in [2.05, 4.69) is 10.4 Å². The highest BCUT2D eigenvalue weighted by atomic mass is 19.1. The lowest BCUT2D eigenvalue weighted by Crippen LogP contribution is -2.40. The zero-order chi connectivity index (χ0) is 18.8. The van der Waals surface area contributed by atoms with Crippen molar-refractivity contribution < 1.29 is 18.7 Å². The van der Waals surface area contributed by atoms with Gasteiger partial charge in [-0.2, -0.15) is 5.10 Å². The van der Waals surface area contributed by atoms with Gasteiger partial charge in [0.25, 0.3) is 5.91 Å². The van der Waals surface area contributed by atoms with Crippen molar-refractivity contribution in [3.05, 3.63) is 71.8 Å². The molecular weight excluding hydrogens is 349 g/mol. The quantitative estimate of drug-likeness (QED) is 0.770. The van der Waals surface area contributed by atoms with Crippen LogP contribution in [0.1, 0.15) is 16.1 Å². The topological polar surface area (TPSA) is 65.4 Å². The molecule has 1 N–H and O–H groups in total. The molecule has 6 nitrogen and oxygen atoms in total. The number of ether oxygens (including phenoxy) is 2. The molecule has 0 bridgehead atoms. The molecular formula is C20H18FN3O3. The minimum absolute atomic E-state index is 0.247. The summed E-state index contributed by atoms with van der Waals surface area (Å²) in [6.45, 7) is 2.47. The second kappa shape index (κ2) is 7.11. The Labute approximate surface area is 155 Å². The number of amides is 1. The SMILES string of the molecule is Cc1c(C(=O)NC[C@@H]2COc3ccccc3O2)cnn1-c1ccc(F)cc1. The Kier molecular flexibility index (Phi) is 4.50. The van der Waals surface area contributed by atoms with Gasteiger partial charge in [0, 0.05) is 0 Å². The number of hydrogen-bond donors (Lipinski definition) is 1. The number of rotatable bonds is 4. The molecule has 1 aromatic heterocycles. The van der Waals surface area contributed by atoms with Gasteiger partial charge in [0.05, 0.1) is 29.7 Å². The number of halogens is 1. The molecule has 3 aromatic rings. The maximum atomic E-state index is 13.1. The molecule has 0 saturated carbocycles. The first-order valence-electron chi connectivity index (χ1n) is 8.59. The minimum atomic E-state index is -0.321. The summed E-state index contributed by atoms with van der Waals surface area (Å²) in [5.41, 5.74) is 1.82. The third-order valence-electron chi connectivity index (χ3n) is 4.38. The van der Waals surface area contributed by atoms with Gasteiger partial charge in [0.1, 0.15) is 18.5 Å². The summed E-state index contributed by atoms with van der Waals surface area (Å²) < 4.78 is 26.2. The van der Waals surface area contributed by atoms with Crippen molar-refractivity contribution in [1.29, 1.82) is 0 Å². The fourth-order valence-corrected chi connectivity index (χ4v) is 2.94. The Bertz CT molecular complexity index is 969. The fourth-order valence-electron chi connectivity index (χ4n) is 2.94. The second-order valence-electron chi connectivity index (χ2n) is 6.24. The fraction of sp³-hybridized carbons (Fsp3) is 0.200. The van der Waals surface area contributed by atoms with Crippen LogP contribution in [0.2, 0.25) is 0 Å². The summed E-state index contributed by atoms with van der Waals surface area (Å²) in [6.07, 6.45) is 1.23. The van der Waals surface area contributed by atoms with Gasteiger partial charge in [0.2, 0.25) is 0 Å². The molecule has 0 saturated heterocycles. The van der Waals surface area contributed by atoms with Gasteiger partial charge in [-0.3, -0.25) is 4.79 Å². The third-order valence-corrected chi connectivity index (χ3v) is 4.38. The van der Waals surface area contributed by atoms with Crippen LogP contribution in [0.15, 0.2) is 54.7 Å². The summed E-state index contributed by atoms with van der Waals surface area (Å²) in [5, 5.41) is 7.10. The number of benzene rings is 2. The van der Waals surface area contributed by atoms with Crippen molar-refractivity contribution in [2.24, 2.45) is 0 Å². The molecule has 0 aliphatic carbocycles. The highest BCUT2D eigenvalue weighted by molar-refractivity contribution is 5.95. The first-order valence-corrected chi connectivity index (χ1v) is 8.59. The van der Waals surface area contributed by atoms with Gasteiger partial charge in [-0.1, -0.05) is 12.1 Å². The zero-order valence-corrected chi connectivity index (χ0v) is 14.7. The standard InChI is InChI=1S/C20H18FN3O3/c1-13-17(11-23-24(13)15-8-6-14(21)7-9-15)20(25)22-10-16-12-26-18-4-2-3-5-19(18)27-16/h2-9,11,16H,10,12H2,1H3,(H,22,25)/t16-/m1/s1. The van der Waals surface area contributed by atoms with Crippen LogP contribution in [0.5, 0.6) is 11.5 Å². The van der Waals surface area contributed by atoms with Crippen LogP contribution in [0.25, 0.3) is 5.69 Å². The van der Waals surface area contributed by atoms with Gasteiger partial charge in [-0.25, -0.2) is 9.07 Å². The summed E-state index contributed by atoms with van der Waals surface area (Å²) in [6, 6.07) is 13.4. The third kappa shape index (κ3) is 3.48. The number of aromatic nitrogens is 2. The van der Waals surface area contributed by atoms with Crippen LogP contribution < -0.4 is 14.8 Å². The van der Waals surface area contributed by atoms with Crippen molar-refractivity contribution >= 4 is 5.91 Å². The van der Waals surface area contributed by atoms with E-state index in [-0.39, 0.29) is 17.8 Å². The Morgan fingerprint density at radius 1 is 1.22 bits per heavy atom. The van der Waals surface area contributed by atoms with Crippen LogP contribution in [0, 0.1) is 12.7 Å². The number of carbonyl (C=O) groups excluding carboxylic acids is 1. The lowest BCUT2D eigenvalue weighted by Gasteiger charge is -2.26. The molecule has 138 valence electrons. The van der Waals surface area contributed by atoms with Crippen molar-refractivity contribution in [2.75, 3.05) is 13.2 Å². The van der Waals surface area contributed by atoms with Gasteiger partial charge >= 0.3 is 0 Å². The first-order chi connectivity index (χ1) is 13.1. The average molecular weight is 367 g/mol. The largest absolute Gasteiger partial charge is 0.486 e. The van der Waals surface area contributed by atoms with E-state index in [9.17, 15) is 9.18 Å². The number of hydrogen-bond acceptors (Lipinski definition) is 4.